The van der Waals surface area contributed by atoms with Crippen LogP contribution in [0.4, 0.5) is 0 Å². The molecule has 0 spiro atoms. The van der Waals surface area contributed by atoms with E-state index in [-0.39, 0.29) is 5.92 Å². The number of rotatable bonds is 3. The number of ether oxygens (including phenoxy) is 2. The molecule has 0 fully saturated rings. The molecule has 1 aliphatic heterocycles. The van der Waals surface area contributed by atoms with E-state index >= 15 is 0 Å². The molecule has 2 unspecified atom stereocenters. The summed E-state index contributed by atoms with van der Waals surface area (Å²) in [5.74, 6) is 1.13. The third kappa shape index (κ3) is 2.57. The maximum atomic E-state index is 10.7. The van der Waals surface area contributed by atoms with Crippen LogP contribution in [0.2, 0.25) is 10.0 Å². The molecule has 2 aromatic rings. The summed E-state index contributed by atoms with van der Waals surface area (Å²) in [5.41, 5.74) is 1.56. The van der Waals surface area contributed by atoms with Gasteiger partial charge in [0.05, 0.1) is 35.8 Å². The highest BCUT2D eigenvalue weighted by Gasteiger charge is 2.32. The van der Waals surface area contributed by atoms with Gasteiger partial charge < -0.3 is 14.6 Å². The Morgan fingerprint density at radius 1 is 1.24 bits per heavy atom. The van der Waals surface area contributed by atoms with E-state index in [2.05, 4.69) is 0 Å². The van der Waals surface area contributed by atoms with Crippen LogP contribution in [0.1, 0.15) is 23.1 Å². The minimum absolute atomic E-state index is 0.164. The monoisotopic (exact) mass is 324 g/mol. The van der Waals surface area contributed by atoms with Gasteiger partial charge in [0.15, 0.2) is 0 Å². The van der Waals surface area contributed by atoms with Crippen molar-refractivity contribution in [3.05, 3.63) is 57.6 Å². The topological polar surface area (TPSA) is 38.7 Å². The van der Waals surface area contributed by atoms with E-state index in [0.717, 1.165) is 11.3 Å². The zero-order chi connectivity index (χ0) is 15.0. The third-order valence-corrected chi connectivity index (χ3v) is 4.33. The van der Waals surface area contributed by atoms with Gasteiger partial charge in [-0.15, -0.1) is 0 Å². The molecule has 1 N–H and O–H groups in total. The molecule has 0 aromatic heterocycles. The van der Waals surface area contributed by atoms with Gasteiger partial charge in [0.25, 0.3) is 0 Å². The summed E-state index contributed by atoms with van der Waals surface area (Å²) < 4.78 is 10.7. The normalized spacial score (nSPS) is 18.0. The number of aliphatic hydroxyl groups excluding tert-OH is 1. The second-order valence-corrected chi connectivity index (χ2v) is 5.72. The second-order valence-electron chi connectivity index (χ2n) is 4.91. The van der Waals surface area contributed by atoms with Gasteiger partial charge in [-0.05, 0) is 12.1 Å². The lowest BCUT2D eigenvalue weighted by Gasteiger charge is -2.19. The summed E-state index contributed by atoms with van der Waals surface area (Å²) in [6.45, 7) is 0.417. The summed E-state index contributed by atoms with van der Waals surface area (Å²) in [5, 5.41) is 11.5. The summed E-state index contributed by atoms with van der Waals surface area (Å²) in [6, 6.07) is 10.9. The molecule has 2 aromatic carbocycles. The second kappa shape index (κ2) is 5.76. The molecule has 21 heavy (non-hydrogen) atoms. The molecule has 3 rings (SSSR count). The van der Waals surface area contributed by atoms with E-state index in [1.54, 1.807) is 12.1 Å². The Kier molecular flexibility index (Phi) is 3.98. The van der Waals surface area contributed by atoms with Gasteiger partial charge in [-0.3, -0.25) is 0 Å². The van der Waals surface area contributed by atoms with Crippen LogP contribution in [0.3, 0.4) is 0 Å². The van der Waals surface area contributed by atoms with Crippen molar-refractivity contribution in [2.24, 2.45) is 0 Å². The first-order valence-electron chi connectivity index (χ1n) is 6.54. The minimum atomic E-state index is -0.787. The van der Waals surface area contributed by atoms with E-state index in [9.17, 15) is 5.11 Å². The van der Waals surface area contributed by atoms with E-state index in [1.807, 2.05) is 24.3 Å². The van der Waals surface area contributed by atoms with Crippen LogP contribution in [0, 0.1) is 0 Å². The molecule has 5 heteroatoms. The van der Waals surface area contributed by atoms with Crippen LogP contribution in [0.5, 0.6) is 11.5 Å². The van der Waals surface area contributed by atoms with Gasteiger partial charge in [-0.2, -0.15) is 0 Å². The summed E-state index contributed by atoms with van der Waals surface area (Å²) >= 11 is 12.4. The molecule has 0 radical (unpaired) electrons. The Hall–Kier alpha value is -1.42. The molecule has 1 heterocycles. The Bertz CT molecular complexity index is 673. The molecule has 2 atom stereocenters. The molecule has 0 bridgehead atoms. The number of benzene rings is 2. The van der Waals surface area contributed by atoms with E-state index < -0.39 is 6.10 Å². The lowest BCUT2D eigenvalue weighted by molar-refractivity contribution is 0.130. The molecule has 0 aliphatic carbocycles. The van der Waals surface area contributed by atoms with Gasteiger partial charge in [0, 0.05) is 17.2 Å². The van der Waals surface area contributed by atoms with E-state index in [0.29, 0.717) is 28.0 Å². The van der Waals surface area contributed by atoms with Crippen molar-refractivity contribution in [3.63, 3.8) is 0 Å². The predicted molar refractivity (Wildman–Crippen MR) is 82.7 cm³/mol. The summed E-state index contributed by atoms with van der Waals surface area (Å²) in [6.07, 6.45) is -0.787. The van der Waals surface area contributed by atoms with Crippen LogP contribution in [0.25, 0.3) is 0 Å². The zero-order valence-electron chi connectivity index (χ0n) is 11.3. The first-order chi connectivity index (χ1) is 10.1. The van der Waals surface area contributed by atoms with Gasteiger partial charge in [-0.1, -0.05) is 41.4 Å². The number of fused-ring (bicyclic) bond motifs is 1. The number of para-hydroxylation sites is 1. The van der Waals surface area contributed by atoms with Crippen molar-refractivity contribution < 1.29 is 14.6 Å². The highest BCUT2D eigenvalue weighted by molar-refractivity contribution is 6.34. The Labute approximate surface area is 133 Å². The first kappa shape index (κ1) is 14.5. The number of halogens is 2. The quantitative estimate of drug-likeness (QED) is 0.919. The first-order valence-corrected chi connectivity index (χ1v) is 7.30. The molecular formula is C16H14Cl2O3. The van der Waals surface area contributed by atoms with Crippen molar-refractivity contribution in [1.29, 1.82) is 0 Å². The smallest absolute Gasteiger partial charge is 0.138 e. The number of hydrogen-bond acceptors (Lipinski definition) is 3. The van der Waals surface area contributed by atoms with Crippen molar-refractivity contribution in [3.8, 4) is 11.5 Å². The third-order valence-electron chi connectivity index (χ3n) is 3.71. The molecular weight excluding hydrogens is 311 g/mol. The van der Waals surface area contributed by atoms with Crippen LogP contribution in [0.15, 0.2) is 36.4 Å². The minimum Gasteiger partial charge on any atom is -0.495 e. The van der Waals surface area contributed by atoms with E-state index in [1.165, 1.54) is 7.11 Å². The predicted octanol–water partition coefficient (Wildman–Crippen LogP) is 4.21. The van der Waals surface area contributed by atoms with Crippen molar-refractivity contribution >= 4 is 23.2 Å². The van der Waals surface area contributed by atoms with Gasteiger partial charge in [0.1, 0.15) is 11.5 Å². The number of aliphatic hydroxyl groups is 1. The molecule has 3 nitrogen and oxygen atoms in total. The zero-order valence-corrected chi connectivity index (χ0v) is 12.9. The van der Waals surface area contributed by atoms with Crippen molar-refractivity contribution in [2.75, 3.05) is 13.7 Å². The molecule has 110 valence electrons. The Morgan fingerprint density at radius 3 is 2.76 bits per heavy atom. The number of methoxy groups -OCH3 is 1. The highest BCUT2D eigenvalue weighted by Crippen LogP contribution is 2.44. The molecule has 0 saturated heterocycles. The summed E-state index contributed by atoms with van der Waals surface area (Å²) in [7, 11) is 1.52. The summed E-state index contributed by atoms with van der Waals surface area (Å²) in [4.78, 5) is 0. The average Bonchev–Trinajstić information content (AvgIpc) is 2.92. The van der Waals surface area contributed by atoms with Gasteiger partial charge >= 0.3 is 0 Å². The van der Waals surface area contributed by atoms with Crippen LogP contribution < -0.4 is 9.47 Å². The lowest BCUT2D eigenvalue weighted by atomic mass is 9.91. The van der Waals surface area contributed by atoms with Crippen molar-refractivity contribution in [1.82, 2.24) is 0 Å². The Balaban J connectivity index is 1.97. The van der Waals surface area contributed by atoms with Gasteiger partial charge in [-0.25, -0.2) is 0 Å². The van der Waals surface area contributed by atoms with Crippen LogP contribution in [-0.4, -0.2) is 18.8 Å². The highest BCUT2D eigenvalue weighted by atomic mass is 35.5. The van der Waals surface area contributed by atoms with Gasteiger partial charge in [0.2, 0.25) is 0 Å². The maximum absolute atomic E-state index is 10.7. The average molecular weight is 325 g/mol. The maximum Gasteiger partial charge on any atom is 0.138 e. The molecule has 1 aliphatic rings. The van der Waals surface area contributed by atoms with Crippen LogP contribution in [-0.2, 0) is 0 Å². The molecule has 0 saturated carbocycles. The SMILES string of the molecule is COc1cc(Cl)c(C(O)C2COc3ccccc32)cc1Cl. The lowest BCUT2D eigenvalue weighted by Crippen LogP contribution is -2.13. The van der Waals surface area contributed by atoms with Crippen LogP contribution >= 0.6 is 23.2 Å². The van der Waals surface area contributed by atoms with Crippen molar-refractivity contribution in [2.45, 2.75) is 12.0 Å². The standard InChI is InChI=1S/C16H14Cl2O3/c1-20-15-7-12(17)10(6-13(15)18)16(19)11-8-21-14-5-3-2-4-9(11)14/h2-7,11,16,19H,8H2,1H3. The largest absolute Gasteiger partial charge is 0.495 e. The van der Waals surface area contributed by atoms with E-state index in [4.69, 9.17) is 32.7 Å². The Morgan fingerprint density at radius 2 is 2.00 bits per heavy atom. The fourth-order valence-corrected chi connectivity index (χ4v) is 3.11. The molecule has 0 amide bonds. The fraction of sp³-hybridized carbons (Fsp3) is 0.250. The fourth-order valence-electron chi connectivity index (χ4n) is 2.59. The number of hydrogen-bond donors (Lipinski definition) is 1.